The number of allylic oxidation sites excluding steroid dienone is 1. The topological polar surface area (TPSA) is 166 Å². The molecular weight excluding hydrogens is 630 g/mol. The Morgan fingerprint density at radius 1 is 1.02 bits per heavy atom. The average molecular weight is 682 g/mol. The first-order valence-electron chi connectivity index (χ1n) is 17.8. The van der Waals surface area contributed by atoms with Gasteiger partial charge in [-0.15, -0.1) is 0 Å². The van der Waals surface area contributed by atoms with E-state index in [4.69, 9.17) is 26.3 Å². The molecule has 3 aliphatic rings. The number of nitrogens with zero attached hydrogens (tertiary/aromatic N) is 6. The van der Waals surface area contributed by atoms with E-state index in [0.717, 1.165) is 63.2 Å². The zero-order valence-electron chi connectivity index (χ0n) is 29.5. The highest BCUT2D eigenvalue weighted by molar-refractivity contribution is 6.05. The highest BCUT2D eigenvalue weighted by Gasteiger charge is 2.30. The van der Waals surface area contributed by atoms with E-state index in [1.165, 1.54) is 12.8 Å². The van der Waals surface area contributed by atoms with Crippen molar-refractivity contribution >= 4 is 23.5 Å². The summed E-state index contributed by atoms with van der Waals surface area (Å²) >= 11 is 0. The van der Waals surface area contributed by atoms with Gasteiger partial charge in [0.25, 0.3) is 0 Å². The molecule has 3 aromatic rings. The summed E-state index contributed by atoms with van der Waals surface area (Å²) in [5.41, 5.74) is 9.56. The van der Waals surface area contributed by atoms with Gasteiger partial charge in [0.2, 0.25) is 5.96 Å². The minimum absolute atomic E-state index is 0.241. The molecule has 2 saturated heterocycles. The number of ether oxygens (including phenoxy) is 1. The van der Waals surface area contributed by atoms with E-state index >= 15 is 0 Å². The van der Waals surface area contributed by atoms with Gasteiger partial charge in [-0.2, -0.15) is 5.10 Å². The zero-order chi connectivity index (χ0) is 35.3. The van der Waals surface area contributed by atoms with Gasteiger partial charge >= 0.3 is 6.03 Å². The van der Waals surface area contributed by atoms with Gasteiger partial charge < -0.3 is 25.6 Å². The molecule has 1 aliphatic carbocycles. The van der Waals surface area contributed by atoms with Crippen LogP contribution in [0.1, 0.15) is 82.6 Å². The predicted octanol–water partition coefficient (Wildman–Crippen LogP) is 5.01. The van der Waals surface area contributed by atoms with E-state index in [1.807, 2.05) is 60.8 Å². The van der Waals surface area contributed by atoms with Crippen LogP contribution in [0.15, 0.2) is 71.8 Å². The Bertz CT molecular complexity index is 1790. The third-order valence-corrected chi connectivity index (χ3v) is 9.69. The van der Waals surface area contributed by atoms with Crippen LogP contribution in [0.5, 0.6) is 5.75 Å². The van der Waals surface area contributed by atoms with E-state index in [9.17, 15) is 4.79 Å². The van der Waals surface area contributed by atoms with Crippen LogP contribution in [0, 0.1) is 16.2 Å². The van der Waals surface area contributed by atoms with Crippen molar-refractivity contribution in [1.29, 1.82) is 10.8 Å². The SMILES string of the molecule is CC(C)(C)C(N)=CC(=Nc1cnn(CCN2CCC2)c1)NC(=O)NC1CCC(Oc2ccc(=N)n(C(=N)N3CCCCC3)c2)c2ccccc21. The van der Waals surface area contributed by atoms with Crippen LogP contribution in [0.4, 0.5) is 10.5 Å². The van der Waals surface area contributed by atoms with Crippen molar-refractivity contribution in [2.45, 2.75) is 78.0 Å². The number of amidine groups is 1. The normalized spacial score (nSPS) is 20.1. The van der Waals surface area contributed by atoms with Gasteiger partial charge in [0.15, 0.2) is 0 Å². The fourth-order valence-corrected chi connectivity index (χ4v) is 6.46. The second kappa shape index (κ2) is 15.3. The molecule has 6 rings (SSSR count). The smallest absolute Gasteiger partial charge is 0.320 e. The van der Waals surface area contributed by atoms with Crippen molar-refractivity contribution in [3.63, 3.8) is 0 Å². The van der Waals surface area contributed by atoms with E-state index in [1.54, 1.807) is 35.2 Å². The minimum atomic E-state index is -0.380. The third-order valence-electron chi connectivity index (χ3n) is 9.69. The highest BCUT2D eigenvalue weighted by Crippen LogP contribution is 2.38. The fraction of sp³-hybridized carbons (Fsp3) is 0.486. The van der Waals surface area contributed by atoms with Gasteiger partial charge in [-0.1, -0.05) is 45.0 Å². The zero-order valence-corrected chi connectivity index (χ0v) is 29.5. The maximum atomic E-state index is 13.5. The van der Waals surface area contributed by atoms with Gasteiger partial charge in [-0.25, -0.2) is 9.79 Å². The van der Waals surface area contributed by atoms with Crippen LogP contribution < -0.4 is 26.6 Å². The van der Waals surface area contributed by atoms with Crippen molar-refractivity contribution in [2.75, 3.05) is 32.7 Å². The van der Waals surface area contributed by atoms with Crippen molar-refractivity contribution in [2.24, 2.45) is 16.1 Å². The number of benzene rings is 1. The first kappa shape index (κ1) is 34.9. The Morgan fingerprint density at radius 2 is 1.78 bits per heavy atom. The van der Waals surface area contributed by atoms with Gasteiger partial charge in [-0.3, -0.25) is 25.4 Å². The average Bonchev–Trinajstić information content (AvgIpc) is 3.52. The van der Waals surface area contributed by atoms with Crippen molar-refractivity contribution in [3.8, 4) is 5.75 Å². The molecule has 13 heteroatoms. The van der Waals surface area contributed by atoms with Crippen LogP contribution in [0.2, 0.25) is 0 Å². The highest BCUT2D eigenvalue weighted by atomic mass is 16.5. The first-order valence-corrected chi connectivity index (χ1v) is 17.8. The maximum absolute atomic E-state index is 13.5. The Labute approximate surface area is 294 Å². The standard InChI is InChI=1S/C37H51N11O2/c1-37(2,3)32(38)22-34(42-26-23-41-47(24-26)21-20-45-16-9-17-45)44-36(49)43-30-13-14-31(29-11-6-5-10-28(29)30)50-27-12-15-33(39)48(25-27)35(40)46-18-7-4-8-19-46/h5-6,10-12,15,22-25,30-31,39-40H,4,7-9,13-14,16-21,38H2,1-3H3,(H2,42,43,44,49). The molecule has 2 fully saturated rings. The van der Waals surface area contributed by atoms with Crippen LogP contribution in [0.25, 0.3) is 0 Å². The van der Waals surface area contributed by atoms with E-state index in [2.05, 4.69) is 20.6 Å². The number of aliphatic imine (C=N–C) groups is 1. The molecule has 0 spiro atoms. The number of carbonyl (C=O) groups is 1. The molecule has 6 N–H and O–H groups in total. The van der Waals surface area contributed by atoms with E-state index in [0.29, 0.717) is 41.8 Å². The second-order valence-corrected chi connectivity index (χ2v) is 14.5. The lowest BCUT2D eigenvalue weighted by atomic mass is 9.85. The van der Waals surface area contributed by atoms with Gasteiger partial charge in [0.1, 0.15) is 28.9 Å². The van der Waals surface area contributed by atoms with Crippen LogP contribution in [-0.2, 0) is 6.54 Å². The summed E-state index contributed by atoms with van der Waals surface area (Å²) in [6.07, 6.45) is 12.7. The molecule has 2 atom stereocenters. The van der Waals surface area contributed by atoms with Crippen LogP contribution in [0.3, 0.4) is 0 Å². The Kier molecular flexibility index (Phi) is 10.7. The molecule has 0 radical (unpaired) electrons. The molecule has 2 aliphatic heterocycles. The number of fused-ring (bicyclic) bond motifs is 1. The summed E-state index contributed by atoms with van der Waals surface area (Å²) in [7, 11) is 0. The Balaban J connectivity index is 1.15. The molecular formula is C37H51N11O2. The summed E-state index contributed by atoms with van der Waals surface area (Å²) in [6.45, 7) is 11.7. The number of pyridine rings is 1. The van der Waals surface area contributed by atoms with Gasteiger partial charge in [-0.05, 0) is 74.9 Å². The van der Waals surface area contributed by atoms with Crippen molar-refractivity contribution in [1.82, 2.24) is 34.8 Å². The molecule has 0 saturated carbocycles. The summed E-state index contributed by atoms with van der Waals surface area (Å²) in [6, 6.07) is 10.8. The summed E-state index contributed by atoms with van der Waals surface area (Å²) in [5.74, 6) is 1.24. The molecule has 2 aromatic heterocycles. The molecule has 2 amide bonds. The van der Waals surface area contributed by atoms with Gasteiger partial charge in [0, 0.05) is 36.8 Å². The predicted molar refractivity (Wildman–Crippen MR) is 194 cm³/mol. The number of carbonyl (C=O) groups excluding carboxylic acids is 1. The number of nitrogens with two attached hydrogens (primary N) is 1. The van der Waals surface area contributed by atoms with E-state index < -0.39 is 0 Å². The number of rotatable bonds is 8. The molecule has 1 aromatic carbocycles. The largest absolute Gasteiger partial charge is 0.484 e. The van der Waals surface area contributed by atoms with Crippen LogP contribution in [-0.4, -0.2) is 74.7 Å². The van der Waals surface area contributed by atoms with Crippen molar-refractivity contribution in [3.05, 3.63) is 83.4 Å². The second-order valence-electron chi connectivity index (χ2n) is 14.5. The third kappa shape index (κ3) is 8.62. The molecule has 13 nitrogen and oxygen atoms in total. The number of likely N-dealkylation sites (tertiary alicyclic amines) is 2. The lowest BCUT2D eigenvalue weighted by Crippen LogP contribution is -2.43. The first-order chi connectivity index (χ1) is 24.0. The van der Waals surface area contributed by atoms with Gasteiger partial charge in [0.05, 0.1) is 31.2 Å². The molecule has 0 bridgehead atoms. The summed E-state index contributed by atoms with van der Waals surface area (Å²) in [5, 5.41) is 27.8. The lowest BCUT2D eigenvalue weighted by Gasteiger charge is -2.33. The number of hydrogen-bond donors (Lipinski definition) is 5. The number of nitrogens with one attached hydrogen (secondary N) is 4. The number of urea groups is 1. The summed E-state index contributed by atoms with van der Waals surface area (Å²) < 4.78 is 9.98. The number of aromatic nitrogens is 3. The molecule has 50 heavy (non-hydrogen) atoms. The Hall–Kier alpha value is -4.91. The van der Waals surface area contributed by atoms with Crippen LogP contribution >= 0.6 is 0 Å². The lowest BCUT2D eigenvalue weighted by molar-refractivity contribution is 0.171. The Morgan fingerprint density at radius 3 is 2.50 bits per heavy atom. The summed E-state index contributed by atoms with van der Waals surface area (Å²) in [4.78, 5) is 22.7. The number of amides is 2. The number of hydrogen-bond acceptors (Lipinski definition) is 8. The molecule has 2 unspecified atom stereocenters. The number of piperidine rings is 1. The maximum Gasteiger partial charge on any atom is 0.320 e. The quantitative estimate of drug-likeness (QED) is 0.166. The molecule has 4 heterocycles. The monoisotopic (exact) mass is 681 g/mol. The molecule has 266 valence electrons. The van der Waals surface area contributed by atoms with Crippen molar-refractivity contribution < 1.29 is 9.53 Å². The van der Waals surface area contributed by atoms with E-state index in [-0.39, 0.29) is 29.1 Å². The fourth-order valence-electron chi connectivity index (χ4n) is 6.46. The minimum Gasteiger partial charge on any atom is -0.484 e.